The zero-order chi connectivity index (χ0) is 15.0. The molecule has 0 aliphatic rings. The topological polar surface area (TPSA) is 42.0 Å². The summed E-state index contributed by atoms with van der Waals surface area (Å²) in [5, 5.41) is 4.12. The smallest absolute Gasteiger partial charge is 0.257 e. The van der Waals surface area contributed by atoms with Gasteiger partial charge in [-0.05, 0) is 43.2 Å². The zero-order valence-electron chi connectivity index (χ0n) is 11.6. The van der Waals surface area contributed by atoms with Gasteiger partial charge in [-0.3, -0.25) is 10.1 Å². The molecule has 1 N–H and O–H groups in total. The molecule has 0 unspecified atom stereocenters. The van der Waals surface area contributed by atoms with Gasteiger partial charge in [-0.1, -0.05) is 41.1 Å². The summed E-state index contributed by atoms with van der Waals surface area (Å²) in [6, 6.07) is 11.3. The van der Waals surface area contributed by atoms with E-state index in [1.54, 1.807) is 6.07 Å². The second kappa shape index (κ2) is 5.47. The van der Waals surface area contributed by atoms with Gasteiger partial charge < -0.3 is 0 Å². The molecular weight excluding hydrogens is 304 g/mol. The number of fused-ring (bicyclic) bond motifs is 1. The van der Waals surface area contributed by atoms with Gasteiger partial charge in [-0.15, -0.1) is 0 Å². The molecule has 0 radical (unpaired) electrons. The lowest BCUT2D eigenvalue weighted by atomic mass is 10.1. The average Bonchev–Trinajstić information content (AvgIpc) is 2.81. The van der Waals surface area contributed by atoms with E-state index < -0.39 is 0 Å². The molecule has 0 aliphatic carbocycles. The number of aromatic nitrogens is 1. The summed E-state index contributed by atoms with van der Waals surface area (Å²) in [6.07, 6.45) is 0. The fraction of sp³-hybridized carbons (Fsp3) is 0.125. The van der Waals surface area contributed by atoms with Gasteiger partial charge in [-0.2, -0.15) is 0 Å². The number of thiazole rings is 1. The zero-order valence-corrected chi connectivity index (χ0v) is 13.2. The SMILES string of the molecule is Cc1cc2sc(NC(=O)c3ccccc3C)nc2cc1Cl. The summed E-state index contributed by atoms with van der Waals surface area (Å²) in [5.74, 6) is -0.144. The van der Waals surface area contributed by atoms with E-state index in [1.165, 1.54) is 11.3 Å². The van der Waals surface area contributed by atoms with Crippen LogP contribution in [0.1, 0.15) is 21.5 Å². The van der Waals surface area contributed by atoms with Crippen LogP contribution in [0.25, 0.3) is 10.2 Å². The Bertz CT molecular complexity index is 802. The number of anilines is 1. The third kappa shape index (κ3) is 2.77. The van der Waals surface area contributed by atoms with Crippen LogP contribution in [-0.4, -0.2) is 10.9 Å². The Labute approximate surface area is 131 Å². The lowest BCUT2D eigenvalue weighted by Gasteiger charge is -2.04. The first-order valence-corrected chi connectivity index (χ1v) is 7.68. The number of amides is 1. The van der Waals surface area contributed by atoms with E-state index in [4.69, 9.17) is 11.6 Å². The second-order valence-electron chi connectivity index (χ2n) is 4.86. The minimum atomic E-state index is -0.144. The fourth-order valence-corrected chi connectivity index (χ4v) is 3.19. The third-order valence-electron chi connectivity index (χ3n) is 3.28. The number of benzene rings is 2. The normalized spacial score (nSPS) is 10.8. The Kier molecular flexibility index (Phi) is 3.66. The van der Waals surface area contributed by atoms with Crippen molar-refractivity contribution in [1.29, 1.82) is 0 Å². The molecule has 1 amide bonds. The molecule has 0 spiro atoms. The largest absolute Gasteiger partial charge is 0.298 e. The van der Waals surface area contributed by atoms with Crippen molar-refractivity contribution in [1.82, 2.24) is 4.98 Å². The Hall–Kier alpha value is -1.91. The fourth-order valence-electron chi connectivity index (χ4n) is 2.10. The predicted octanol–water partition coefficient (Wildman–Crippen LogP) is 4.82. The Morgan fingerprint density at radius 2 is 1.95 bits per heavy atom. The maximum absolute atomic E-state index is 12.3. The molecule has 1 aromatic heterocycles. The highest BCUT2D eigenvalue weighted by Gasteiger charge is 2.12. The van der Waals surface area contributed by atoms with Crippen LogP contribution in [0.2, 0.25) is 5.02 Å². The lowest BCUT2D eigenvalue weighted by Crippen LogP contribution is -2.12. The van der Waals surface area contributed by atoms with Crippen molar-refractivity contribution in [2.24, 2.45) is 0 Å². The maximum Gasteiger partial charge on any atom is 0.257 e. The first-order valence-electron chi connectivity index (χ1n) is 6.48. The standard InChI is InChI=1S/C16H13ClN2OS/c1-9-5-3-4-6-11(9)15(20)19-16-18-13-8-12(17)10(2)7-14(13)21-16/h3-8H,1-2H3,(H,18,19,20). The molecule has 2 aromatic carbocycles. The number of carbonyl (C=O) groups is 1. The molecule has 0 bridgehead atoms. The van der Waals surface area contributed by atoms with Crippen LogP contribution in [0, 0.1) is 13.8 Å². The van der Waals surface area contributed by atoms with Crippen LogP contribution < -0.4 is 5.32 Å². The Morgan fingerprint density at radius 3 is 2.71 bits per heavy atom. The molecule has 0 atom stereocenters. The van der Waals surface area contributed by atoms with Gasteiger partial charge in [0.2, 0.25) is 0 Å². The molecule has 0 saturated heterocycles. The summed E-state index contributed by atoms with van der Waals surface area (Å²) >= 11 is 7.54. The van der Waals surface area contributed by atoms with E-state index >= 15 is 0 Å². The van der Waals surface area contributed by atoms with Crippen molar-refractivity contribution >= 4 is 44.2 Å². The summed E-state index contributed by atoms with van der Waals surface area (Å²) in [6.45, 7) is 3.86. The molecule has 3 rings (SSSR count). The van der Waals surface area contributed by atoms with E-state index in [1.807, 2.05) is 44.2 Å². The molecule has 0 saturated carbocycles. The van der Waals surface area contributed by atoms with Crippen molar-refractivity contribution in [3.63, 3.8) is 0 Å². The Balaban J connectivity index is 1.92. The molecule has 0 fully saturated rings. The second-order valence-corrected chi connectivity index (χ2v) is 6.30. The number of nitrogens with one attached hydrogen (secondary N) is 1. The predicted molar refractivity (Wildman–Crippen MR) is 88.5 cm³/mol. The van der Waals surface area contributed by atoms with E-state index in [0.29, 0.717) is 15.7 Å². The van der Waals surface area contributed by atoms with Gasteiger partial charge in [0.25, 0.3) is 5.91 Å². The van der Waals surface area contributed by atoms with Crippen LogP contribution in [-0.2, 0) is 0 Å². The summed E-state index contributed by atoms with van der Waals surface area (Å²) in [4.78, 5) is 16.7. The van der Waals surface area contributed by atoms with Crippen LogP contribution in [0.5, 0.6) is 0 Å². The molecule has 0 aliphatic heterocycles. The number of aryl methyl sites for hydroxylation is 2. The highest BCUT2D eigenvalue weighted by molar-refractivity contribution is 7.22. The number of rotatable bonds is 2. The minimum Gasteiger partial charge on any atom is -0.298 e. The van der Waals surface area contributed by atoms with E-state index in [0.717, 1.165) is 21.3 Å². The molecule has 3 nitrogen and oxygen atoms in total. The summed E-state index contributed by atoms with van der Waals surface area (Å²) < 4.78 is 1.01. The minimum absolute atomic E-state index is 0.144. The van der Waals surface area contributed by atoms with Crippen LogP contribution in [0.3, 0.4) is 0 Å². The van der Waals surface area contributed by atoms with Crippen molar-refractivity contribution in [3.8, 4) is 0 Å². The highest BCUT2D eigenvalue weighted by Crippen LogP contribution is 2.30. The molecule has 1 heterocycles. The number of carbonyl (C=O) groups excluding carboxylic acids is 1. The number of hydrogen-bond acceptors (Lipinski definition) is 3. The van der Waals surface area contributed by atoms with Crippen LogP contribution in [0.4, 0.5) is 5.13 Å². The summed E-state index contributed by atoms with van der Waals surface area (Å²) in [5.41, 5.74) is 3.40. The highest BCUT2D eigenvalue weighted by atomic mass is 35.5. The number of hydrogen-bond donors (Lipinski definition) is 1. The number of halogens is 1. The van der Waals surface area contributed by atoms with Gasteiger partial charge in [-0.25, -0.2) is 4.98 Å². The van der Waals surface area contributed by atoms with Gasteiger partial charge in [0.15, 0.2) is 5.13 Å². The lowest BCUT2D eigenvalue weighted by molar-refractivity contribution is 0.102. The maximum atomic E-state index is 12.3. The van der Waals surface area contributed by atoms with Gasteiger partial charge in [0.05, 0.1) is 10.2 Å². The van der Waals surface area contributed by atoms with E-state index in [-0.39, 0.29) is 5.91 Å². The van der Waals surface area contributed by atoms with Crippen molar-refractivity contribution < 1.29 is 4.79 Å². The third-order valence-corrected chi connectivity index (χ3v) is 4.62. The first-order chi connectivity index (χ1) is 10.0. The first kappa shape index (κ1) is 14.0. The number of nitrogens with zero attached hydrogens (tertiary/aromatic N) is 1. The van der Waals surface area contributed by atoms with Crippen molar-refractivity contribution in [2.45, 2.75) is 13.8 Å². The van der Waals surface area contributed by atoms with Crippen LogP contribution >= 0.6 is 22.9 Å². The molecule has 3 aromatic rings. The molecule has 106 valence electrons. The van der Waals surface area contributed by atoms with Gasteiger partial charge in [0, 0.05) is 10.6 Å². The van der Waals surface area contributed by atoms with Crippen molar-refractivity contribution in [3.05, 3.63) is 58.1 Å². The summed E-state index contributed by atoms with van der Waals surface area (Å²) in [7, 11) is 0. The van der Waals surface area contributed by atoms with Crippen molar-refractivity contribution in [2.75, 3.05) is 5.32 Å². The molecular formula is C16H13ClN2OS. The average molecular weight is 317 g/mol. The quantitative estimate of drug-likeness (QED) is 0.736. The molecule has 21 heavy (non-hydrogen) atoms. The monoisotopic (exact) mass is 316 g/mol. The Morgan fingerprint density at radius 1 is 1.19 bits per heavy atom. The van der Waals surface area contributed by atoms with Gasteiger partial charge >= 0.3 is 0 Å². The van der Waals surface area contributed by atoms with E-state index in [9.17, 15) is 4.79 Å². The van der Waals surface area contributed by atoms with Crippen LogP contribution in [0.15, 0.2) is 36.4 Å². The molecule has 5 heteroatoms. The van der Waals surface area contributed by atoms with Gasteiger partial charge in [0.1, 0.15) is 0 Å². The van der Waals surface area contributed by atoms with E-state index in [2.05, 4.69) is 10.3 Å².